The fourth-order valence-electron chi connectivity index (χ4n) is 4.12. The van der Waals surface area contributed by atoms with Crippen LogP contribution in [0.5, 0.6) is 11.5 Å². The van der Waals surface area contributed by atoms with Crippen molar-refractivity contribution in [2.24, 2.45) is 5.92 Å². The van der Waals surface area contributed by atoms with Crippen LogP contribution in [0.1, 0.15) is 45.4 Å². The van der Waals surface area contributed by atoms with Crippen LogP contribution in [0.25, 0.3) is 0 Å². The fraction of sp³-hybridized carbons (Fsp3) is 0.632. The third-order valence-corrected chi connectivity index (χ3v) is 5.29. The summed E-state index contributed by atoms with van der Waals surface area (Å²) in [5.74, 6) is 1.81. The number of anilines is 1. The number of fused-ring (bicyclic) bond motifs is 1. The van der Waals surface area contributed by atoms with Crippen molar-refractivity contribution < 1.29 is 14.3 Å². The summed E-state index contributed by atoms with van der Waals surface area (Å²) >= 11 is 0. The van der Waals surface area contributed by atoms with Crippen LogP contribution < -0.4 is 14.8 Å². The van der Waals surface area contributed by atoms with Crippen molar-refractivity contribution in [3.8, 4) is 11.5 Å². The lowest BCUT2D eigenvalue weighted by Gasteiger charge is -2.30. The van der Waals surface area contributed by atoms with Gasteiger partial charge in [0.05, 0.1) is 6.54 Å². The van der Waals surface area contributed by atoms with Crippen molar-refractivity contribution in [1.29, 1.82) is 0 Å². The summed E-state index contributed by atoms with van der Waals surface area (Å²) in [6, 6.07) is 5.69. The van der Waals surface area contributed by atoms with Gasteiger partial charge in [0.25, 0.3) is 5.79 Å². The summed E-state index contributed by atoms with van der Waals surface area (Å²) in [6.07, 6.45) is 6.62. The van der Waals surface area contributed by atoms with E-state index in [1.807, 2.05) is 18.2 Å². The highest BCUT2D eigenvalue weighted by Gasteiger charge is 2.44. The van der Waals surface area contributed by atoms with Gasteiger partial charge in [0.1, 0.15) is 0 Å². The van der Waals surface area contributed by atoms with E-state index in [0.29, 0.717) is 12.5 Å². The quantitative estimate of drug-likeness (QED) is 0.923. The zero-order chi connectivity index (χ0) is 16.6. The van der Waals surface area contributed by atoms with Gasteiger partial charge >= 0.3 is 0 Å². The first kappa shape index (κ1) is 15.8. The lowest BCUT2D eigenvalue weighted by atomic mass is 10.0. The second-order valence-electron chi connectivity index (χ2n) is 7.51. The maximum absolute atomic E-state index is 12.3. The third-order valence-electron chi connectivity index (χ3n) is 5.29. The van der Waals surface area contributed by atoms with E-state index in [-0.39, 0.29) is 5.91 Å². The van der Waals surface area contributed by atoms with Gasteiger partial charge in [-0.1, -0.05) is 6.92 Å². The molecule has 1 aliphatic carbocycles. The van der Waals surface area contributed by atoms with Gasteiger partial charge in [-0.2, -0.15) is 0 Å². The number of carbonyl (C=O) groups excluding carboxylic acids is 1. The number of ether oxygens (including phenoxy) is 2. The highest BCUT2D eigenvalue weighted by molar-refractivity contribution is 5.92. The highest BCUT2D eigenvalue weighted by Crippen LogP contribution is 2.47. The Labute approximate surface area is 143 Å². The maximum atomic E-state index is 12.3. The zero-order valence-electron chi connectivity index (χ0n) is 14.3. The van der Waals surface area contributed by atoms with E-state index in [0.717, 1.165) is 56.0 Å². The van der Waals surface area contributed by atoms with E-state index in [2.05, 4.69) is 17.1 Å². The average Bonchev–Trinajstić information content (AvgIpc) is 3.13. The van der Waals surface area contributed by atoms with Crippen molar-refractivity contribution in [2.75, 3.05) is 25.0 Å². The summed E-state index contributed by atoms with van der Waals surface area (Å²) in [7, 11) is 0. The van der Waals surface area contributed by atoms with Crippen molar-refractivity contribution >= 4 is 11.6 Å². The predicted molar refractivity (Wildman–Crippen MR) is 92.4 cm³/mol. The normalized spacial score (nSPS) is 25.1. The number of benzene rings is 1. The van der Waals surface area contributed by atoms with Crippen LogP contribution in [0.4, 0.5) is 5.69 Å². The molecule has 4 rings (SSSR count). The first-order valence-electron chi connectivity index (χ1n) is 9.16. The van der Waals surface area contributed by atoms with Crippen LogP contribution in [0.2, 0.25) is 0 Å². The second-order valence-corrected chi connectivity index (χ2v) is 7.51. The van der Waals surface area contributed by atoms with Crippen LogP contribution in [0.15, 0.2) is 18.2 Å². The molecule has 1 aromatic rings. The average molecular weight is 330 g/mol. The monoisotopic (exact) mass is 330 g/mol. The van der Waals surface area contributed by atoms with Crippen LogP contribution in [-0.4, -0.2) is 36.2 Å². The summed E-state index contributed by atoms with van der Waals surface area (Å²) in [5.41, 5.74) is 0.780. The number of amides is 1. The minimum atomic E-state index is -0.449. The highest BCUT2D eigenvalue weighted by atomic mass is 16.7. The molecule has 0 radical (unpaired) electrons. The summed E-state index contributed by atoms with van der Waals surface area (Å²) in [5, 5.41) is 3.00. The van der Waals surface area contributed by atoms with Gasteiger partial charge in [0.15, 0.2) is 11.5 Å². The van der Waals surface area contributed by atoms with Crippen LogP contribution >= 0.6 is 0 Å². The smallest absolute Gasteiger partial charge is 0.251 e. The molecule has 2 heterocycles. The van der Waals surface area contributed by atoms with Gasteiger partial charge in [0, 0.05) is 31.1 Å². The fourth-order valence-corrected chi connectivity index (χ4v) is 4.12. The Balaban J connectivity index is 1.37. The minimum Gasteiger partial charge on any atom is -0.448 e. The molecular formula is C19H26N2O3. The number of likely N-dealkylation sites (tertiary alicyclic amines) is 1. The molecule has 1 aromatic carbocycles. The molecule has 1 unspecified atom stereocenters. The summed E-state index contributed by atoms with van der Waals surface area (Å²) < 4.78 is 12.1. The van der Waals surface area contributed by atoms with Crippen LogP contribution in [0, 0.1) is 5.92 Å². The van der Waals surface area contributed by atoms with Gasteiger partial charge in [-0.05, 0) is 50.3 Å². The van der Waals surface area contributed by atoms with E-state index < -0.39 is 5.79 Å². The molecule has 1 amide bonds. The lowest BCUT2D eigenvalue weighted by molar-refractivity contribution is -0.117. The Hall–Kier alpha value is -1.75. The van der Waals surface area contributed by atoms with Crippen LogP contribution in [0.3, 0.4) is 0 Å². The SMILES string of the molecule is CC1CCCN(CC(=O)Nc2ccc3c(c2)OC2(CCCC2)O3)C1. The molecule has 1 atom stereocenters. The molecule has 1 saturated carbocycles. The van der Waals surface area contributed by atoms with E-state index in [1.165, 1.54) is 12.8 Å². The molecule has 24 heavy (non-hydrogen) atoms. The molecule has 2 fully saturated rings. The van der Waals surface area contributed by atoms with Gasteiger partial charge in [-0.25, -0.2) is 0 Å². The Morgan fingerprint density at radius 2 is 2.04 bits per heavy atom. The molecule has 1 N–H and O–H groups in total. The zero-order valence-corrected chi connectivity index (χ0v) is 14.3. The Morgan fingerprint density at radius 3 is 2.83 bits per heavy atom. The molecule has 1 spiro atoms. The van der Waals surface area contributed by atoms with Gasteiger partial charge in [-0.15, -0.1) is 0 Å². The first-order valence-corrected chi connectivity index (χ1v) is 9.16. The molecule has 3 aliphatic rings. The third kappa shape index (κ3) is 3.22. The largest absolute Gasteiger partial charge is 0.448 e. The molecule has 5 nitrogen and oxygen atoms in total. The van der Waals surface area contributed by atoms with E-state index in [9.17, 15) is 4.79 Å². The number of carbonyl (C=O) groups is 1. The maximum Gasteiger partial charge on any atom is 0.251 e. The van der Waals surface area contributed by atoms with Gasteiger partial charge in [-0.3, -0.25) is 9.69 Å². The summed E-state index contributed by atoms with van der Waals surface area (Å²) in [6.45, 7) is 4.74. The molecule has 130 valence electrons. The number of nitrogens with zero attached hydrogens (tertiary/aromatic N) is 1. The number of hydrogen-bond acceptors (Lipinski definition) is 4. The van der Waals surface area contributed by atoms with Gasteiger partial charge < -0.3 is 14.8 Å². The van der Waals surface area contributed by atoms with Gasteiger partial charge in [0.2, 0.25) is 5.91 Å². The van der Waals surface area contributed by atoms with E-state index >= 15 is 0 Å². The minimum absolute atomic E-state index is 0.0403. The standard InChI is InChI=1S/C19H26N2O3/c1-14-5-4-10-21(12-14)13-18(22)20-15-6-7-16-17(11-15)24-19(23-16)8-2-3-9-19/h6-7,11,14H,2-5,8-10,12-13H2,1H3,(H,20,22). The summed E-state index contributed by atoms with van der Waals surface area (Å²) in [4.78, 5) is 14.6. The van der Waals surface area contributed by atoms with Crippen molar-refractivity contribution in [2.45, 2.75) is 51.2 Å². The van der Waals surface area contributed by atoms with Crippen molar-refractivity contribution in [1.82, 2.24) is 4.90 Å². The second kappa shape index (κ2) is 6.28. The van der Waals surface area contributed by atoms with Crippen LogP contribution in [-0.2, 0) is 4.79 Å². The van der Waals surface area contributed by atoms with E-state index in [4.69, 9.17) is 9.47 Å². The molecule has 1 saturated heterocycles. The van der Waals surface area contributed by atoms with Crippen molar-refractivity contribution in [3.63, 3.8) is 0 Å². The predicted octanol–water partition coefficient (Wildman–Crippen LogP) is 3.40. The molecule has 5 heteroatoms. The first-order chi connectivity index (χ1) is 11.6. The topological polar surface area (TPSA) is 50.8 Å². The Bertz CT molecular complexity index is 625. The molecule has 0 aromatic heterocycles. The number of piperidine rings is 1. The molecular weight excluding hydrogens is 304 g/mol. The Morgan fingerprint density at radius 1 is 1.25 bits per heavy atom. The van der Waals surface area contributed by atoms with Crippen molar-refractivity contribution in [3.05, 3.63) is 18.2 Å². The van der Waals surface area contributed by atoms with E-state index in [1.54, 1.807) is 0 Å². The molecule has 2 aliphatic heterocycles. The Kier molecular flexibility index (Phi) is 4.12. The number of rotatable bonds is 3. The lowest BCUT2D eigenvalue weighted by Crippen LogP contribution is -2.39. The number of hydrogen-bond donors (Lipinski definition) is 1. The molecule has 0 bridgehead atoms. The number of nitrogens with one attached hydrogen (secondary N) is 1.